The second kappa shape index (κ2) is 7.68. The largest absolute Gasteiger partial charge is 0.276 e. The van der Waals surface area contributed by atoms with Crippen molar-refractivity contribution in [1.29, 1.82) is 0 Å². The Balaban J connectivity index is 2.35. The van der Waals surface area contributed by atoms with Crippen molar-refractivity contribution in [3.8, 4) is 0 Å². The molecule has 2 rings (SSSR count). The molecular weight excluding hydrogens is 368 g/mol. The molecule has 2 aromatic heterocycles. The van der Waals surface area contributed by atoms with Crippen LogP contribution in [0.1, 0.15) is 14.5 Å². The summed E-state index contributed by atoms with van der Waals surface area (Å²) in [4.78, 5) is 29.6. The molecule has 7 nitrogen and oxygen atoms in total. The van der Waals surface area contributed by atoms with Gasteiger partial charge in [0.1, 0.15) is 0 Å². The topological polar surface area (TPSA) is 88.7 Å². The van der Waals surface area contributed by atoms with Crippen molar-refractivity contribution in [1.82, 2.24) is 9.88 Å². The van der Waals surface area contributed by atoms with Gasteiger partial charge in [-0.3, -0.25) is 9.69 Å². The number of rotatable bonds is 4. The van der Waals surface area contributed by atoms with E-state index in [1.807, 2.05) is 0 Å². The summed E-state index contributed by atoms with van der Waals surface area (Å²) in [6.07, 6.45) is 3.16. The minimum Gasteiger partial charge on any atom is -0.276 e. The van der Waals surface area contributed by atoms with Crippen LogP contribution in [-0.4, -0.2) is 32.2 Å². The number of carbonyl (C=O) groups is 1. The van der Waals surface area contributed by atoms with Crippen molar-refractivity contribution >= 4 is 57.1 Å². The van der Waals surface area contributed by atoms with Crippen molar-refractivity contribution in [2.45, 2.75) is 6.54 Å². The fourth-order valence-electron chi connectivity index (χ4n) is 1.55. The Morgan fingerprint density at radius 3 is 2.91 bits per heavy atom. The van der Waals surface area contributed by atoms with E-state index in [9.17, 15) is 14.9 Å². The van der Waals surface area contributed by atoms with Crippen molar-refractivity contribution in [3.05, 3.63) is 48.0 Å². The van der Waals surface area contributed by atoms with Gasteiger partial charge in [-0.25, -0.2) is 15.1 Å². The summed E-state index contributed by atoms with van der Waals surface area (Å²) in [5, 5.41) is 14.9. The van der Waals surface area contributed by atoms with Crippen LogP contribution in [0.4, 0.5) is 0 Å². The van der Waals surface area contributed by atoms with Crippen LogP contribution in [0.2, 0.25) is 4.47 Å². The number of aromatic nitrogens is 1. The smallest absolute Gasteiger partial charge is 0.270 e. The van der Waals surface area contributed by atoms with Gasteiger partial charge >= 0.3 is 0 Å². The zero-order valence-corrected chi connectivity index (χ0v) is 14.3. The number of thiophene rings is 1. The number of hydrogen-bond donors (Lipinski definition) is 0. The highest BCUT2D eigenvalue weighted by Crippen LogP contribution is 2.23. The summed E-state index contributed by atoms with van der Waals surface area (Å²) in [5.74, 6) is -0.352. The molecule has 0 aliphatic rings. The maximum Gasteiger partial charge on any atom is 0.270 e. The number of carbonyl (C=O) groups excluding carboxylic acids is 1. The number of nitrogens with zero attached hydrogens (tertiary/aromatic N) is 4. The molecule has 116 valence electrons. The van der Waals surface area contributed by atoms with E-state index in [2.05, 4.69) is 10.1 Å². The average Bonchev–Trinajstić information content (AvgIpc) is 3.13. The van der Waals surface area contributed by atoms with E-state index in [0.29, 0.717) is 14.2 Å². The number of thiazole rings is 1. The van der Waals surface area contributed by atoms with Crippen molar-refractivity contribution in [3.63, 3.8) is 0 Å². The summed E-state index contributed by atoms with van der Waals surface area (Å²) in [6, 6.07) is 3.40. The second-order valence-electron chi connectivity index (χ2n) is 3.77. The molecule has 2 heterocycles. The van der Waals surface area contributed by atoms with Crippen LogP contribution in [0.15, 0.2) is 28.8 Å². The van der Waals surface area contributed by atoms with Crippen LogP contribution < -0.4 is 0 Å². The molecule has 0 spiro atoms. The fourth-order valence-corrected chi connectivity index (χ4v) is 3.70. The molecule has 0 saturated heterocycles. The van der Waals surface area contributed by atoms with Crippen LogP contribution in [0.3, 0.4) is 0 Å². The first-order valence-electron chi connectivity index (χ1n) is 5.74. The van der Waals surface area contributed by atoms with Crippen LogP contribution in [0.5, 0.6) is 0 Å². The molecule has 0 aromatic carbocycles. The normalized spacial score (nSPS) is 11.5. The molecule has 0 radical (unpaired) electrons. The molecule has 0 N–H and O–H groups in total. The minimum atomic E-state index is -0.819. The molecule has 0 unspecified atom stereocenters. The van der Waals surface area contributed by atoms with Crippen molar-refractivity contribution < 1.29 is 9.83 Å². The molecule has 2 aromatic rings. The third-order valence-electron chi connectivity index (χ3n) is 2.40. The lowest BCUT2D eigenvalue weighted by molar-refractivity contribution is -0.485. The average molecular weight is 377 g/mol. The molecule has 22 heavy (non-hydrogen) atoms. The molecule has 0 aliphatic heterocycles. The number of amides is 1. The van der Waals surface area contributed by atoms with E-state index in [0.717, 1.165) is 11.8 Å². The van der Waals surface area contributed by atoms with E-state index in [4.69, 9.17) is 11.6 Å². The Labute approximate surface area is 142 Å². The van der Waals surface area contributed by atoms with E-state index < -0.39 is 5.03 Å². The number of halogens is 1. The predicted octanol–water partition coefficient (Wildman–Crippen LogP) is 3.41. The third kappa shape index (κ3) is 4.26. The van der Waals surface area contributed by atoms with Gasteiger partial charge in [-0.05, 0) is 17.7 Å². The first-order chi connectivity index (χ1) is 10.5. The maximum atomic E-state index is 12.6. The number of nitro groups is 1. The zero-order chi connectivity index (χ0) is 16.1. The molecule has 1 amide bonds. The van der Waals surface area contributed by atoms with Crippen LogP contribution in [0, 0.1) is 10.1 Å². The fraction of sp³-hybridized carbons (Fsp3) is 0.182. The van der Waals surface area contributed by atoms with E-state index in [1.54, 1.807) is 23.8 Å². The summed E-state index contributed by atoms with van der Waals surface area (Å²) in [5.41, 5.74) is 0. The predicted molar refractivity (Wildman–Crippen MR) is 89.3 cm³/mol. The van der Waals surface area contributed by atoms with Gasteiger partial charge in [0.25, 0.3) is 5.91 Å². The Morgan fingerprint density at radius 1 is 1.64 bits per heavy atom. The van der Waals surface area contributed by atoms with Crippen LogP contribution >= 0.6 is 46.0 Å². The van der Waals surface area contributed by atoms with Gasteiger partial charge in [-0.2, -0.15) is 0 Å². The lowest BCUT2D eigenvalue weighted by Gasteiger charge is -2.19. The quantitative estimate of drug-likeness (QED) is 0.353. The highest BCUT2D eigenvalue weighted by atomic mass is 35.5. The molecule has 0 fully saturated rings. The van der Waals surface area contributed by atoms with Gasteiger partial charge in [-0.1, -0.05) is 29.4 Å². The Hall–Kier alpha value is -1.49. The SMILES string of the molecule is CSC(=N[N+](=O)[O-])N(Cc1cnc(Cl)s1)C(=O)c1cccs1. The highest BCUT2D eigenvalue weighted by molar-refractivity contribution is 8.13. The van der Waals surface area contributed by atoms with E-state index >= 15 is 0 Å². The number of thioether (sulfide) groups is 1. The molecule has 0 atom stereocenters. The lowest BCUT2D eigenvalue weighted by atomic mass is 10.4. The summed E-state index contributed by atoms with van der Waals surface area (Å²) < 4.78 is 0.343. The minimum absolute atomic E-state index is 0.00734. The monoisotopic (exact) mass is 376 g/mol. The molecule has 11 heteroatoms. The van der Waals surface area contributed by atoms with Crippen LogP contribution in [-0.2, 0) is 6.54 Å². The van der Waals surface area contributed by atoms with Gasteiger partial charge in [0.2, 0.25) is 5.17 Å². The maximum absolute atomic E-state index is 12.6. The van der Waals surface area contributed by atoms with Gasteiger partial charge in [0.15, 0.2) is 9.50 Å². The van der Waals surface area contributed by atoms with Gasteiger partial charge in [-0.15, -0.1) is 22.7 Å². The number of amidine groups is 1. The van der Waals surface area contributed by atoms with E-state index in [-0.39, 0.29) is 17.6 Å². The van der Waals surface area contributed by atoms with Gasteiger partial charge in [0, 0.05) is 11.1 Å². The van der Waals surface area contributed by atoms with Gasteiger partial charge in [0.05, 0.1) is 16.5 Å². The lowest BCUT2D eigenvalue weighted by Crippen LogP contribution is -2.34. The Kier molecular flexibility index (Phi) is 5.89. The second-order valence-corrected chi connectivity index (χ2v) is 7.19. The first kappa shape index (κ1) is 16.9. The number of hydrogen-bond acceptors (Lipinski definition) is 7. The van der Waals surface area contributed by atoms with Crippen molar-refractivity contribution in [2.75, 3.05) is 6.26 Å². The molecule has 0 bridgehead atoms. The zero-order valence-electron chi connectivity index (χ0n) is 11.1. The van der Waals surface area contributed by atoms with E-state index in [1.165, 1.54) is 33.8 Å². The van der Waals surface area contributed by atoms with Crippen molar-refractivity contribution in [2.24, 2.45) is 5.10 Å². The summed E-state index contributed by atoms with van der Waals surface area (Å²) >= 11 is 9.28. The third-order valence-corrected chi connectivity index (χ3v) is 5.02. The summed E-state index contributed by atoms with van der Waals surface area (Å²) in [6.45, 7) is 0.120. The standard InChI is InChI=1S/C11H9ClN4O3S3/c1-20-11(14-16(18)19)15(6-7-5-13-10(12)22-7)9(17)8-3-2-4-21-8/h2-5H,6H2,1H3. The molecule has 0 saturated carbocycles. The Bertz CT molecular complexity index is 701. The highest BCUT2D eigenvalue weighted by Gasteiger charge is 2.25. The Morgan fingerprint density at radius 2 is 2.41 bits per heavy atom. The van der Waals surface area contributed by atoms with Crippen LogP contribution in [0.25, 0.3) is 0 Å². The first-order valence-corrected chi connectivity index (χ1v) is 9.03. The molecular formula is C11H9ClN4O3S3. The number of hydrazone groups is 1. The summed E-state index contributed by atoms with van der Waals surface area (Å²) in [7, 11) is 0. The molecule has 0 aliphatic carbocycles. The van der Waals surface area contributed by atoms with Gasteiger partial charge < -0.3 is 0 Å².